The summed E-state index contributed by atoms with van der Waals surface area (Å²) in [5, 5.41) is 6.10. The Morgan fingerprint density at radius 1 is 1.45 bits per heavy atom. The zero-order valence-electron chi connectivity index (χ0n) is 13.3. The van der Waals surface area contributed by atoms with E-state index in [1.54, 1.807) is 0 Å². The minimum Gasteiger partial charge on any atom is -0.378 e. The Morgan fingerprint density at radius 2 is 2.25 bits per heavy atom. The van der Waals surface area contributed by atoms with Gasteiger partial charge in [-0.3, -0.25) is 0 Å². The van der Waals surface area contributed by atoms with Crippen LogP contribution in [0.25, 0.3) is 0 Å². The fraction of sp³-hybridized carbons (Fsp3) is 0.765. The summed E-state index contributed by atoms with van der Waals surface area (Å²) in [7, 11) is 0. The van der Waals surface area contributed by atoms with Crippen molar-refractivity contribution in [3.05, 3.63) is 22.4 Å². The van der Waals surface area contributed by atoms with Crippen LogP contribution in [-0.4, -0.2) is 18.8 Å². The summed E-state index contributed by atoms with van der Waals surface area (Å²) in [6, 6.07) is 5.52. The van der Waals surface area contributed by atoms with E-state index < -0.39 is 0 Å². The number of thiophene rings is 1. The van der Waals surface area contributed by atoms with Gasteiger partial charge in [0.15, 0.2) is 0 Å². The Bertz CT molecular complexity index is 392. The third kappa shape index (κ3) is 3.10. The van der Waals surface area contributed by atoms with Gasteiger partial charge in [0.1, 0.15) is 0 Å². The Hall–Kier alpha value is -0.380. The molecular weight excluding hydrogens is 266 g/mol. The van der Waals surface area contributed by atoms with Gasteiger partial charge in [0.25, 0.3) is 0 Å². The molecule has 3 heteroatoms. The van der Waals surface area contributed by atoms with Gasteiger partial charge < -0.3 is 10.1 Å². The standard InChI is InChI=1S/C17H29NOS/c1-5-9-13(14-10-8-11-20-14)18-15-12-16(19-7-3)17(15,4)6-2/h8,10-11,13,15-16,18H,5-7,9,12H2,1-4H3. The lowest BCUT2D eigenvalue weighted by molar-refractivity contribution is -0.128. The molecule has 1 aromatic rings. The van der Waals surface area contributed by atoms with E-state index in [2.05, 4.69) is 50.5 Å². The molecule has 0 spiro atoms. The van der Waals surface area contributed by atoms with Gasteiger partial charge in [-0.2, -0.15) is 0 Å². The van der Waals surface area contributed by atoms with Gasteiger partial charge in [0.05, 0.1) is 6.10 Å². The average molecular weight is 295 g/mol. The minimum absolute atomic E-state index is 0.291. The third-order valence-electron chi connectivity index (χ3n) is 4.98. The van der Waals surface area contributed by atoms with E-state index in [0.717, 1.165) is 13.0 Å². The first-order valence-corrected chi connectivity index (χ1v) is 8.94. The molecule has 1 N–H and O–H groups in total. The van der Waals surface area contributed by atoms with E-state index in [1.807, 2.05) is 11.3 Å². The zero-order valence-corrected chi connectivity index (χ0v) is 14.1. The molecule has 1 saturated carbocycles. The number of nitrogens with one attached hydrogen (secondary N) is 1. The average Bonchev–Trinajstić information content (AvgIpc) is 2.98. The molecule has 1 aromatic heterocycles. The van der Waals surface area contributed by atoms with Crippen molar-refractivity contribution in [2.45, 2.75) is 71.6 Å². The second kappa shape index (κ2) is 7.06. The normalized spacial score (nSPS) is 31.0. The first-order valence-electron chi connectivity index (χ1n) is 8.06. The highest BCUT2D eigenvalue weighted by atomic mass is 32.1. The first kappa shape index (κ1) is 16.0. The maximum absolute atomic E-state index is 5.91. The van der Waals surface area contributed by atoms with Crippen LogP contribution in [0.15, 0.2) is 17.5 Å². The molecule has 1 fully saturated rings. The largest absolute Gasteiger partial charge is 0.378 e. The molecule has 114 valence electrons. The number of ether oxygens (including phenoxy) is 1. The maximum Gasteiger partial charge on any atom is 0.0658 e. The molecule has 0 amide bonds. The van der Waals surface area contributed by atoms with Crippen LogP contribution in [-0.2, 0) is 4.74 Å². The Balaban J connectivity index is 2.01. The van der Waals surface area contributed by atoms with Crippen molar-refractivity contribution in [1.82, 2.24) is 5.32 Å². The predicted molar refractivity (Wildman–Crippen MR) is 87.3 cm³/mol. The molecule has 0 radical (unpaired) electrons. The Kier molecular flexibility index (Phi) is 5.65. The summed E-state index contributed by atoms with van der Waals surface area (Å²) in [6.07, 6.45) is 5.21. The predicted octanol–water partition coefficient (Wildman–Crippen LogP) is 4.77. The Morgan fingerprint density at radius 3 is 2.80 bits per heavy atom. The fourth-order valence-electron chi connectivity index (χ4n) is 3.34. The molecule has 4 unspecified atom stereocenters. The van der Waals surface area contributed by atoms with Gasteiger partial charge in [0.2, 0.25) is 0 Å². The first-order chi connectivity index (χ1) is 9.65. The van der Waals surface area contributed by atoms with Crippen LogP contribution in [0.5, 0.6) is 0 Å². The van der Waals surface area contributed by atoms with Gasteiger partial charge in [-0.1, -0.05) is 33.3 Å². The number of hydrogen-bond acceptors (Lipinski definition) is 3. The van der Waals surface area contributed by atoms with Crippen molar-refractivity contribution < 1.29 is 4.74 Å². The highest BCUT2D eigenvalue weighted by molar-refractivity contribution is 7.10. The SMILES string of the molecule is CCCC(NC1CC(OCC)C1(C)CC)c1cccs1. The quantitative estimate of drug-likeness (QED) is 0.745. The van der Waals surface area contributed by atoms with Crippen molar-refractivity contribution in [2.75, 3.05) is 6.61 Å². The van der Waals surface area contributed by atoms with Gasteiger partial charge in [-0.25, -0.2) is 0 Å². The molecule has 0 aromatic carbocycles. The molecule has 0 aliphatic heterocycles. The molecule has 2 rings (SSSR count). The van der Waals surface area contributed by atoms with Crippen LogP contribution < -0.4 is 5.32 Å². The molecule has 0 saturated heterocycles. The van der Waals surface area contributed by atoms with Crippen LogP contribution in [0.2, 0.25) is 0 Å². The highest BCUT2D eigenvalue weighted by Crippen LogP contribution is 2.47. The summed E-state index contributed by atoms with van der Waals surface area (Å²) in [6.45, 7) is 9.87. The summed E-state index contributed by atoms with van der Waals surface area (Å²) >= 11 is 1.87. The number of hydrogen-bond donors (Lipinski definition) is 1. The molecule has 1 aliphatic rings. The lowest BCUT2D eigenvalue weighted by Crippen LogP contribution is -2.62. The fourth-order valence-corrected chi connectivity index (χ4v) is 4.16. The van der Waals surface area contributed by atoms with Crippen molar-refractivity contribution in [3.63, 3.8) is 0 Å². The van der Waals surface area contributed by atoms with E-state index in [0.29, 0.717) is 23.6 Å². The van der Waals surface area contributed by atoms with Gasteiger partial charge >= 0.3 is 0 Å². The highest BCUT2D eigenvalue weighted by Gasteiger charge is 2.51. The Labute approximate surface area is 127 Å². The third-order valence-corrected chi connectivity index (χ3v) is 5.96. The van der Waals surface area contributed by atoms with E-state index >= 15 is 0 Å². The van der Waals surface area contributed by atoms with Crippen LogP contribution in [0, 0.1) is 5.41 Å². The number of rotatable bonds is 8. The van der Waals surface area contributed by atoms with Crippen LogP contribution in [0.4, 0.5) is 0 Å². The second-order valence-electron chi connectivity index (χ2n) is 6.11. The van der Waals surface area contributed by atoms with Crippen LogP contribution >= 0.6 is 11.3 Å². The van der Waals surface area contributed by atoms with Crippen molar-refractivity contribution in [3.8, 4) is 0 Å². The van der Waals surface area contributed by atoms with Crippen LogP contribution in [0.1, 0.15) is 64.3 Å². The lowest BCUT2D eigenvalue weighted by atomic mass is 9.61. The molecule has 2 nitrogen and oxygen atoms in total. The topological polar surface area (TPSA) is 21.3 Å². The molecule has 1 aliphatic carbocycles. The summed E-state index contributed by atoms with van der Waals surface area (Å²) in [4.78, 5) is 1.48. The molecule has 20 heavy (non-hydrogen) atoms. The van der Waals surface area contributed by atoms with Crippen molar-refractivity contribution in [2.24, 2.45) is 5.41 Å². The minimum atomic E-state index is 0.291. The molecule has 4 atom stereocenters. The maximum atomic E-state index is 5.91. The molecule has 1 heterocycles. The zero-order chi connectivity index (χ0) is 14.6. The van der Waals surface area contributed by atoms with Gasteiger partial charge in [-0.15, -0.1) is 11.3 Å². The second-order valence-corrected chi connectivity index (χ2v) is 7.09. The molecule has 0 bridgehead atoms. The van der Waals surface area contributed by atoms with Gasteiger partial charge in [-0.05, 0) is 37.6 Å². The summed E-state index contributed by atoms with van der Waals surface area (Å²) in [5.74, 6) is 0. The summed E-state index contributed by atoms with van der Waals surface area (Å²) < 4.78 is 5.91. The lowest BCUT2D eigenvalue weighted by Gasteiger charge is -2.54. The van der Waals surface area contributed by atoms with E-state index in [4.69, 9.17) is 4.74 Å². The van der Waals surface area contributed by atoms with Crippen molar-refractivity contribution >= 4 is 11.3 Å². The summed E-state index contributed by atoms with van der Waals surface area (Å²) in [5.41, 5.74) is 0.291. The van der Waals surface area contributed by atoms with Crippen LogP contribution in [0.3, 0.4) is 0 Å². The monoisotopic (exact) mass is 295 g/mol. The van der Waals surface area contributed by atoms with Gasteiger partial charge in [0, 0.05) is 29.0 Å². The van der Waals surface area contributed by atoms with E-state index in [9.17, 15) is 0 Å². The van der Waals surface area contributed by atoms with Crippen molar-refractivity contribution in [1.29, 1.82) is 0 Å². The van der Waals surface area contributed by atoms with E-state index in [-0.39, 0.29) is 0 Å². The smallest absolute Gasteiger partial charge is 0.0658 e. The molecular formula is C17H29NOS. The van der Waals surface area contributed by atoms with E-state index in [1.165, 1.54) is 24.1 Å².